The summed E-state index contributed by atoms with van der Waals surface area (Å²) in [6.45, 7) is 7.92. The molecule has 2 aliphatic rings. The van der Waals surface area contributed by atoms with Gasteiger partial charge in [0.05, 0.1) is 5.54 Å². The second kappa shape index (κ2) is 5.50. The Bertz CT molecular complexity index is 468. The molecule has 2 nitrogen and oxygen atoms in total. The van der Waals surface area contributed by atoms with E-state index in [9.17, 15) is 0 Å². The lowest BCUT2D eigenvalue weighted by atomic mass is 9.75. The Kier molecular flexibility index (Phi) is 3.87. The van der Waals surface area contributed by atoms with Crippen LogP contribution in [0.2, 0.25) is 0 Å². The van der Waals surface area contributed by atoms with E-state index in [1.165, 1.54) is 49.9 Å². The van der Waals surface area contributed by atoms with Gasteiger partial charge in [-0.25, -0.2) is 0 Å². The molecule has 1 heterocycles. The predicted octanol–water partition coefficient (Wildman–Crippen LogP) is 3.15. The van der Waals surface area contributed by atoms with Crippen LogP contribution in [0.5, 0.6) is 0 Å². The molecule has 0 saturated carbocycles. The molecule has 1 saturated heterocycles. The van der Waals surface area contributed by atoms with E-state index in [0.717, 1.165) is 18.4 Å². The van der Waals surface area contributed by atoms with Gasteiger partial charge in [-0.05, 0) is 55.2 Å². The molecule has 0 amide bonds. The Balaban J connectivity index is 1.93. The molecule has 2 heteroatoms. The van der Waals surface area contributed by atoms with Gasteiger partial charge in [0.15, 0.2) is 0 Å². The molecule has 0 bridgehead atoms. The molecule has 1 aliphatic carbocycles. The Hall–Kier alpha value is -0.860. The topological polar surface area (TPSA) is 29.3 Å². The second-order valence-corrected chi connectivity index (χ2v) is 6.99. The number of aryl methyl sites for hydroxylation is 1. The molecule has 1 fully saturated rings. The zero-order valence-electron chi connectivity index (χ0n) is 12.9. The summed E-state index contributed by atoms with van der Waals surface area (Å²) in [7, 11) is 0. The van der Waals surface area contributed by atoms with E-state index in [-0.39, 0.29) is 5.54 Å². The Morgan fingerprint density at radius 3 is 2.85 bits per heavy atom. The maximum atomic E-state index is 6.31. The van der Waals surface area contributed by atoms with Crippen molar-refractivity contribution in [2.24, 2.45) is 17.6 Å². The van der Waals surface area contributed by atoms with Crippen molar-refractivity contribution in [1.82, 2.24) is 4.90 Å². The molecular formula is C18H28N2. The Labute approximate surface area is 123 Å². The average molecular weight is 272 g/mol. The third-order valence-electron chi connectivity index (χ3n) is 5.67. The SMILES string of the molecule is CC(C)C1CCN(C2(CN)CCCc3ccccc32)C1. The molecule has 1 aromatic carbocycles. The fourth-order valence-electron chi connectivity index (χ4n) is 4.29. The second-order valence-electron chi connectivity index (χ2n) is 6.99. The Morgan fingerprint density at radius 1 is 1.35 bits per heavy atom. The van der Waals surface area contributed by atoms with Crippen molar-refractivity contribution >= 4 is 0 Å². The lowest BCUT2D eigenvalue weighted by Crippen LogP contribution is -2.52. The van der Waals surface area contributed by atoms with Crippen molar-refractivity contribution in [3.8, 4) is 0 Å². The van der Waals surface area contributed by atoms with Crippen LogP contribution in [0.4, 0.5) is 0 Å². The van der Waals surface area contributed by atoms with Crippen molar-refractivity contribution in [2.45, 2.75) is 45.1 Å². The third-order valence-corrected chi connectivity index (χ3v) is 5.67. The largest absolute Gasteiger partial charge is 0.328 e. The van der Waals surface area contributed by atoms with Gasteiger partial charge >= 0.3 is 0 Å². The standard InChI is InChI=1S/C18H28N2/c1-14(2)16-9-11-20(12-16)18(13-19)10-5-7-15-6-3-4-8-17(15)18/h3-4,6,8,14,16H,5,7,9-13,19H2,1-2H3. The first-order valence-electron chi connectivity index (χ1n) is 8.21. The van der Waals surface area contributed by atoms with Crippen LogP contribution in [0.1, 0.15) is 44.2 Å². The van der Waals surface area contributed by atoms with Crippen molar-refractivity contribution in [3.63, 3.8) is 0 Å². The number of rotatable bonds is 3. The lowest BCUT2D eigenvalue weighted by molar-refractivity contribution is 0.0942. The van der Waals surface area contributed by atoms with Gasteiger partial charge in [0.1, 0.15) is 0 Å². The zero-order valence-corrected chi connectivity index (χ0v) is 12.9. The van der Waals surface area contributed by atoms with Crippen LogP contribution in [-0.4, -0.2) is 24.5 Å². The molecule has 1 aromatic rings. The Morgan fingerprint density at radius 2 is 2.15 bits per heavy atom. The molecule has 2 unspecified atom stereocenters. The van der Waals surface area contributed by atoms with Crippen molar-refractivity contribution in [2.75, 3.05) is 19.6 Å². The fourth-order valence-corrected chi connectivity index (χ4v) is 4.29. The van der Waals surface area contributed by atoms with Crippen LogP contribution in [0.25, 0.3) is 0 Å². The molecule has 20 heavy (non-hydrogen) atoms. The molecule has 3 rings (SSSR count). The van der Waals surface area contributed by atoms with E-state index in [1.807, 2.05) is 0 Å². The smallest absolute Gasteiger partial charge is 0.0586 e. The van der Waals surface area contributed by atoms with Crippen molar-refractivity contribution < 1.29 is 0 Å². The van der Waals surface area contributed by atoms with Crippen molar-refractivity contribution in [1.29, 1.82) is 0 Å². The van der Waals surface area contributed by atoms with Gasteiger partial charge in [0.2, 0.25) is 0 Å². The average Bonchev–Trinajstić information content (AvgIpc) is 2.97. The third kappa shape index (κ3) is 2.19. The zero-order chi connectivity index (χ0) is 14.2. The number of likely N-dealkylation sites (tertiary alicyclic amines) is 1. The number of fused-ring (bicyclic) bond motifs is 1. The quantitative estimate of drug-likeness (QED) is 0.916. The maximum absolute atomic E-state index is 6.31. The summed E-state index contributed by atoms with van der Waals surface area (Å²) in [5, 5.41) is 0. The molecule has 2 N–H and O–H groups in total. The molecular weight excluding hydrogens is 244 g/mol. The summed E-state index contributed by atoms with van der Waals surface area (Å²) in [4.78, 5) is 2.70. The molecule has 110 valence electrons. The number of benzene rings is 1. The summed E-state index contributed by atoms with van der Waals surface area (Å²) in [6, 6.07) is 8.98. The number of hydrogen-bond acceptors (Lipinski definition) is 2. The van der Waals surface area contributed by atoms with Gasteiger partial charge in [-0.3, -0.25) is 4.90 Å². The van der Waals surface area contributed by atoms with Crippen LogP contribution in [0.15, 0.2) is 24.3 Å². The van der Waals surface area contributed by atoms with Gasteiger partial charge < -0.3 is 5.73 Å². The summed E-state index contributed by atoms with van der Waals surface area (Å²) >= 11 is 0. The van der Waals surface area contributed by atoms with E-state index < -0.39 is 0 Å². The van der Waals surface area contributed by atoms with Gasteiger partial charge in [0, 0.05) is 13.1 Å². The van der Waals surface area contributed by atoms with Crippen molar-refractivity contribution in [3.05, 3.63) is 35.4 Å². The van der Waals surface area contributed by atoms with E-state index in [1.54, 1.807) is 0 Å². The lowest BCUT2D eigenvalue weighted by Gasteiger charge is -2.45. The highest BCUT2D eigenvalue weighted by atomic mass is 15.2. The summed E-state index contributed by atoms with van der Waals surface area (Å²) in [5.74, 6) is 1.63. The van der Waals surface area contributed by atoms with E-state index in [4.69, 9.17) is 5.73 Å². The molecule has 0 aromatic heterocycles. The minimum absolute atomic E-state index is 0.110. The molecule has 0 spiro atoms. The monoisotopic (exact) mass is 272 g/mol. The van der Waals surface area contributed by atoms with Gasteiger partial charge in [-0.1, -0.05) is 38.1 Å². The minimum Gasteiger partial charge on any atom is -0.328 e. The minimum atomic E-state index is 0.110. The highest BCUT2D eigenvalue weighted by Crippen LogP contribution is 2.42. The fraction of sp³-hybridized carbons (Fsp3) is 0.667. The summed E-state index contributed by atoms with van der Waals surface area (Å²) < 4.78 is 0. The van der Waals surface area contributed by atoms with Crippen LogP contribution in [0.3, 0.4) is 0 Å². The first-order valence-corrected chi connectivity index (χ1v) is 8.21. The van der Waals surface area contributed by atoms with Crippen LogP contribution >= 0.6 is 0 Å². The number of nitrogens with zero attached hydrogens (tertiary/aromatic N) is 1. The van der Waals surface area contributed by atoms with Gasteiger partial charge in [-0.2, -0.15) is 0 Å². The predicted molar refractivity (Wildman–Crippen MR) is 84.6 cm³/mol. The normalized spacial score (nSPS) is 30.7. The highest BCUT2D eigenvalue weighted by molar-refractivity contribution is 5.37. The van der Waals surface area contributed by atoms with E-state index in [2.05, 4.69) is 43.0 Å². The first-order chi connectivity index (χ1) is 9.67. The van der Waals surface area contributed by atoms with Gasteiger partial charge in [0.25, 0.3) is 0 Å². The van der Waals surface area contributed by atoms with Gasteiger partial charge in [-0.15, -0.1) is 0 Å². The maximum Gasteiger partial charge on any atom is 0.0586 e. The molecule has 0 radical (unpaired) electrons. The van der Waals surface area contributed by atoms with Crippen LogP contribution in [0, 0.1) is 11.8 Å². The molecule has 2 atom stereocenters. The van der Waals surface area contributed by atoms with Crippen LogP contribution < -0.4 is 5.73 Å². The van der Waals surface area contributed by atoms with E-state index in [0.29, 0.717) is 0 Å². The number of nitrogens with two attached hydrogens (primary N) is 1. The highest BCUT2D eigenvalue weighted by Gasteiger charge is 2.43. The molecule has 1 aliphatic heterocycles. The first kappa shape index (κ1) is 14.1. The summed E-state index contributed by atoms with van der Waals surface area (Å²) in [6.07, 6.45) is 5.06. The van der Waals surface area contributed by atoms with Crippen LogP contribution in [-0.2, 0) is 12.0 Å². The number of hydrogen-bond donors (Lipinski definition) is 1. The summed E-state index contributed by atoms with van der Waals surface area (Å²) in [5.41, 5.74) is 9.46. The van der Waals surface area contributed by atoms with E-state index >= 15 is 0 Å².